The van der Waals surface area contributed by atoms with Crippen LogP contribution in [0.1, 0.15) is 17.3 Å². The molecule has 0 radical (unpaired) electrons. The van der Waals surface area contributed by atoms with Crippen molar-refractivity contribution < 1.29 is 13.9 Å². The molecule has 2 rings (SSSR count). The van der Waals surface area contributed by atoms with E-state index in [1.165, 1.54) is 12.1 Å². The fourth-order valence-electron chi connectivity index (χ4n) is 1.86. The van der Waals surface area contributed by atoms with Crippen LogP contribution in [0.4, 0.5) is 4.39 Å². The van der Waals surface area contributed by atoms with Crippen LogP contribution >= 0.6 is 23.2 Å². The highest BCUT2D eigenvalue weighted by Gasteiger charge is 2.20. The molecule has 20 heavy (non-hydrogen) atoms. The van der Waals surface area contributed by atoms with E-state index >= 15 is 0 Å². The SMILES string of the molecule is CCOC(=O)c1c(F)cccc1-c1cc(Cl)ccc1Cl. The number of benzene rings is 2. The molecule has 0 heterocycles. The van der Waals surface area contributed by atoms with Gasteiger partial charge in [0.15, 0.2) is 0 Å². The Morgan fingerprint density at radius 2 is 1.95 bits per heavy atom. The van der Waals surface area contributed by atoms with Crippen LogP contribution in [0.2, 0.25) is 10.0 Å². The zero-order valence-electron chi connectivity index (χ0n) is 10.6. The summed E-state index contributed by atoms with van der Waals surface area (Å²) in [6.07, 6.45) is 0. The smallest absolute Gasteiger partial charge is 0.341 e. The number of carbonyl (C=O) groups excluding carboxylic acids is 1. The second kappa shape index (κ2) is 6.25. The van der Waals surface area contributed by atoms with Crippen molar-refractivity contribution in [2.24, 2.45) is 0 Å². The van der Waals surface area contributed by atoms with Crippen molar-refractivity contribution in [1.29, 1.82) is 0 Å². The Balaban J connectivity index is 2.65. The lowest BCUT2D eigenvalue weighted by Gasteiger charge is -2.11. The summed E-state index contributed by atoms with van der Waals surface area (Å²) in [7, 11) is 0. The van der Waals surface area contributed by atoms with E-state index in [1.807, 2.05) is 0 Å². The minimum Gasteiger partial charge on any atom is -0.462 e. The van der Waals surface area contributed by atoms with Crippen LogP contribution in [0.5, 0.6) is 0 Å². The summed E-state index contributed by atoms with van der Waals surface area (Å²) in [5, 5.41) is 0.828. The van der Waals surface area contributed by atoms with Gasteiger partial charge in [0.1, 0.15) is 11.4 Å². The lowest BCUT2D eigenvalue weighted by atomic mass is 9.99. The Morgan fingerprint density at radius 3 is 2.65 bits per heavy atom. The minimum atomic E-state index is -0.725. The van der Waals surface area contributed by atoms with Crippen molar-refractivity contribution in [1.82, 2.24) is 0 Å². The van der Waals surface area contributed by atoms with Gasteiger partial charge in [0.25, 0.3) is 0 Å². The maximum Gasteiger partial charge on any atom is 0.341 e. The normalized spacial score (nSPS) is 10.4. The Bertz CT molecular complexity index is 656. The number of ether oxygens (including phenoxy) is 1. The van der Waals surface area contributed by atoms with Crippen molar-refractivity contribution >= 4 is 29.2 Å². The largest absolute Gasteiger partial charge is 0.462 e. The second-order valence-electron chi connectivity index (χ2n) is 4.01. The molecule has 0 N–H and O–H groups in total. The average Bonchev–Trinajstić information content (AvgIpc) is 2.41. The van der Waals surface area contributed by atoms with E-state index in [-0.39, 0.29) is 12.2 Å². The first kappa shape index (κ1) is 14.8. The van der Waals surface area contributed by atoms with Crippen LogP contribution in [0.3, 0.4) is 0 Å². The average molecular weight is 313 g/mol. The van der Waals surface area contributed by atoms with E-state index in [0.717, 1.165) is 0 Å². The molecule has 0 aliphatic heterocycles. The van der Waals surface area contributed by atoms with E-state index in [2.05, 4.69) is 0 Å². The van der Waals surface area contributed by atoms with Gasteiger partial charge >= 0.3 is 5.97 Å². The highest BCUT2D eigenvalue weighted by molar-refractivity contribution is 6.35. The molecule has 0 spiro atoms. The molecule has 0 aromatic heterocycles. The molecular weight excluding hydrogens is 302 g/mol. The molecule has 0 saturated carbocycles. The monoisotopic (exact) mass is 312 g/mol. The maximum atomic E-state index is 14.0. The maximum absolute atomic E-state index is 14.0. The van der Waals surface area contributed by atoms with Gasteiger partial charge in [-0.2, -0.15) is 0 Å². The van der Waals surface area contributed by atoms with Crippen LogP contribution in [0.25, 0.3) is 11.1 Å². The molecule has 0 bridgehead atoms. The lowest BCUT2D eigenvalue weighted by molar-refractivity contribution is 0.0522. The zero-order chi connectivity index (χ0) is 14.7. The molecule has 0 atom stereocenters. The predicted octanol–water partition coefficient (Wildman–Crippen LogP) is 4.98. The third kappa shape index (κ3) is 2.94. The summed E-state index contributed by atoms with van der Waals surface area (Å²) in [6, 6.07) is 9.11. The first-order valence-corrected chi connectivity index (χ1v) is 6.71. The molecule has 104 valence electrons. The molecule has 0 amide bonds. The topological polar surface area (TPSA) is 26.3 Å². The van der Waals surface area contributed by atoms with Gasteiger partial charge in [-0.15, -0.1) is 0 Å². The Labute approximate surface area is 126 Å². The summed E-state index contributed by atoms with van der Waals surface area (Å²) in [6.45, 7) is 1.82. The number of halogens is 3. The summed E-state index contributed by atoms with van der Waals surface area (Å²) in [5.41, 5.74) is 0.705. The molecule has 2 aromatic carbocycles. The molecular formula is C15H11Cl2FO2. The number of hydrogen-bond acceptors (Lipinski definition) is 2. The van der Waals surface area contributed by atoms with Crippen molar-refractivity contribution in [3.63, 3.8) is 0 Å². The Kier molecular flexibility index (Phi) is 4.63. The molecule has 0 aliphatic carbocycles. The number of carbonyl (C=O) groups is 1. The number of rotatable bonds is 3. The summed E-state index contributed by atoms with van der Waals surface area (Å²) in [5.74, 6) is -1.38. The fourth-order valence-corrected chi connectivity index (χ4v) is 2.25. The van der Waals surface area contributed by atoms with Crippen LogP contribution < -0.4 is 0 Å². The van der Waals surface area contributed by atoms with Crippen LogP contribution in [0, 0.1) is 5.82 Å². The summed E-state index contributed by atoms with van der Waals surface area (Å²) < 4.78 is 18.9. The zero-order valence-corrected chi connectivity index (χ0v) is 12.1. The highest BCUT2D eigenvalue weighted by Crippen LogP contribution is 2.34. The molecule has 2 aromatic rings. The van der Waals surface area contributed by atoms with Gasteiger partial charge < -0.3 is 4.74 Å². The first-order valence-electron chi connectivity index (χ1n) is 5.95. The van der Waals surface area contributed by atoms with Crippen molar-refractivity contribution in [2.75, 3.05) is 6.61 Å². The highest BCUT2D eigenvalue weighted by atomic mass is 35.5. The first-order chi connectivity index (χ1) is 9.54. The Hall–Kier alpha value is -1.58. The fraction of sp³-hybridized carbons (Fsp3) is 0.133. The standard InChI is InChI=1S/C15H11Cl2FO2/c1-2-20-15(19)14-10(4-3-5-13(14)18)11-8-9(16)6-7-12(11)17/h3-8H,2H2,1H3. The van der Waals surface area contributed by atoms with Gasteiger partial charge in [0, 0.05) is 21.2 Å². The van der Waals surface area contributed by atoms with E-state index < -0.39 is 11.8 Å². The van der Waals surface area contributed by atoms with Crippen molar-refractivity contribution in [3.05, 3.63) is 57.8 Å². The molecule has 0 saturated heterocycles. The molecule has 0 fully saturated rings. The molecule has 0 aliphatic rings. The van der Waals surface area contributed by atoms with Crippen molar-refractivity contribution in [3.8, 4) is 11.1 Å². The lowest BCUT2D eigenvalue weighted by Crippen LogP contribution is -2.09. The Morgan fingerprint density at radius 1 is 1.20 bits per heavy atom. The van der Waals surface area contributed by atoms with Gasteiger partial charge in [0.2, 0.25) is 0 Å². The van der Waals surface area contributed by atoms with Gasteiger partial charge in [-0.1, -0.05) is 35.3 Å². The number of hydrogen-bond donors (Lipinski definition) is 0. The third-order valence-corrected chi connectivity index (χ3v) is 3.28. The molecule has 5 heteroatoms. The van der Waals surface area contributed by atoms with Crippen LogP contribution in [0.15, 0.2) is 36.4 Å². The van der Waals surface area contributed by atoms with Crippen molar-refractivity contribution in [2.45, 2.75) is 6.92 Å². The van der Waals surface area contributed by atoms with E-state index in [4.69, 9.17) is 27.9 Å². The van der Waals surface area contributed by atoms with Gasteiger partial charge in [-0.25, -0.2) is 9.18 Å². The van der Waals surface area contributed by atoms with E-state index in [9.17, 15) is 9.18 Å². The third-order valence-electron chi connectivity index (χ3n) is 2.71. The second-order valence-corrected chi connectivity index (χ2v) is 4.85. The van der Waals surface area contributed by atoms with Crippen LogP contribution in [-0.2, 0) is 4.74 Å². The summed E-state index contributed by atoms with van der Waals surface area (Å²) in [4.78, 5) is 11.9. The minimum absolute atomic E-state index is 0.140. The molecule has 2 nitrogen and oxygen atoms in total. The number of esters is 1. The van der Waals surface area contributed by atoms with E-state index in [1.54, 1.807) is 31.2 Å². The van der Waals surface area contributed by atoms with Gasteiger partial charge in [-0.05, 0) is 31.2 Å². The van der Waals surface area contributed by atoms with Crippen LogP contribution in [-0.4, -0.2) is 12.6 Å². The van der Waals surface area contributed by atoms with Gasteiger partial charge in [0.05, 0.1) is 6.61 Å². The molecule has 0 unspecified atom stereocenters. The van der Waals surface area contributed by atoms with Gasteiger partial charge in [-0.3, -0.25) is 0 Å². The van der Waals surface area contributed by atoms with E-state index in [0.29, 0.717) is 21.2 Å². The quantitative estimate of drug-likeness (QED) is 0.747. The predicted molar refractivity (Wildman–Crippen MR) is 77.8 cm³/mol. The summed E-state index contributed by atoms with van der Waals surface area (Å²) >= 11 is 12.0.